The maximum Gasteiger partial charge on any atom is 0.240 e. The van der Waals surface area contributed by atoms with Crippen LogP contribution in [0.3, 0.4) is 0 Å². The van der Waals surface area contributed by atoms with Crippen LogP contribution >= 0.6 is 0 Å². The highest BCUT2D eigenvalue weighted by Gasteiger charge is 2.17. The summed E-state index contributed by atoms with van der Waals surface area (Å²) in [4.78, 5) is 17.1. The van der Waals surface area contributed by atoms with Crippen LogP contribution in [0.5, 0.6) is 0 Å². The zero-order chi connectivity index (χ0) is 22.8. The molecule has 0 saturated heterocycles. The first kappa shape index (κ1) is 22.9. The van der Waals surface area contributed by atoms with Crippen LogP contribution in [0.2, 0.25) is 0 Å². The van der Waals surface area contributed by atoms with Crippen molar-refractivity contribution in [2.24, 2.45) is 0 Å². The summed E-state index contributed by atoms with van der Waals surface area (Å²) in [6.07, 6.45) is 0.832. The van der Waals surface area contributed by atoms with E-state index in [2.05, 4.69) is 20.1 Å². The third kappa shape index (κ3) is 5.29. The van der Waals surface area contributed by atoms with Gasteiger partial charge in [-0.3, -0.25) is 4.79 Å². The van der Waals surface area contributed by atoms with Gasteiger partial charge in [0.15, 0.2) is 5.65 Å². The molecule has 3 rings (SSSR count). The molecule has 1 amide bonds. The van der Waals surface area contributed by atoms with Gasteiger partial charge in [-0.05, 0) is 63.8 Å². The molecule has 2 aromatic heterocycles. The predicted octanol–water partition coefficient (Wildman–Crippen LogP) is 2.30. The Kier molecular flexibility index (Phi) is 6.76. The lowest BCUT2D eigenvalue weighted by atomic mass is 10.1. The van der Waals surface area contributed by atoms with E-state index in [0.717, 1.165) is 33.9 Å². The Labute approximate surface area is 183 Å². The number of nitrogens with one attached hydrogen (secondary N) is 2. The van der Waals surface area contributed by atoms with Crippen molar-refractivity contribution >= 4 is 21.6 Å². The topological polar surface area (TPSA) is 105 Å². The second-order valence-electron chi connectivity index (χ2n) is 7.83. The van der Waals surface area contributed by atoms with Gasteiger partial charge in [-0.1, -0.05) is 12.1 Å². The summed E-state index contributed by atoms with van der Waals surface area (Å²) in [5.41, 5.74) is 6.13. The third-order valence-corrected chi connectivity index (χ3v) is 6.86. The smallest absolute Gasteiger partial charge is 0.240 e. The lowest BCUT2D eigenvalue weighted by Gasteiger charge is -2.12. The third-order valence-electron chi connectivity index (χ3n) is 5.26. The predicted molar refractivity (Wildman–Crippen MR) is 120 cm³/mol. The number of amides is 1. The van der Waals surface area contributed by atoms with Gasteiger partial charge in [-0.25, -0.2) is 22.6 Å². The van der Waals surface area contributed by atoms with Crippen molar-refractivity contribution in [2.75, 3.05) is 13.1 Å². The Morgan fingerprint density at radius 1 is 1.06 bits per heavy atom. The number of sulfonamides is 1. The van der Waals surface area contributed by atoms with Crippen molar-refractivity contribution < 1.29 is 13.2 Å². The number of carbonyl (C=O) groups is 1. The van der Waals surface area contributed by atoms with Crippen LogP contribution in [0.25, 0.3) is 5.65 Å². The summed E-state index contributed by atoms with van der Waals surface area (Å²) in [6, 6.07) is 7.23. The zero-order valence-electron chi connectivity index (χ0n) is 18.6. The minimum atomic E-state index is -3.62. The minimum Gasteiger partial charge on any atom is -0.355 e. The van der Waals surface area contributed by atoms with Gasteiger partial charge in [0.1, 0.15) is 0 Å². The summed E-state index contributed by atoms with van der Waals surface area (Å²) in [5, 5.41) is 7.22. The first-order valence-electron chi connectivity index (χ1n) is 10.2. The second kappa shape index (κ2) is 9.15. The number of hydrogen-bond acceptors (Lipinski definition) is 5. The number of nitrogens with zero attached hydrogens (tertiary/aromatic N) is 3. The highest BCUT2D eigenvalue weighted by molar-refractivity contribution is 7.89. The molecule has 3 aromatic rings. The Morgan fingerprint density at radius 3 is 2.55 bits per heavy atom. The molecular weight excluding hydrogens is 414 g/mol. The molecular formula is C22H29N5O3S. The number of aromatic nitrogens is 3. The van der Waals surface area contributed by atoms with Gasteiger partial charge >= 0.3 is 0 Å². The van der Waals surface area contributed by atoms with Crippen LogP contribution < -0.4 is 10.0 Å². The minimum absolute atomic E-state index is 0.125. The quantitative estimate of drug-likeness (QED) is 0.520. The first-order chi connectivity index (χ1) is 14.6. The van der Waals surface area contributed by atoms with Gasteiger partial charge in [0, 0.05) is 37.0 Å². The van der Waals surface area contributed by atoms with Crippen LogP contribution in [0.15, 0.2) is 29.2 Å². The fraction of sp³-hybridized carbons (Fsp3) is 0.409. The van der Waals surface area contributed by atoms with Crippen molar-refractivity contribution in [2.45, 2.75) is 52.4 Å². The molecule has 0 aliphatic rings. The van der Waals surface area contributed by atoms with Crippen LogP contribution in [0.1, 0.15) is 40.2 Å². The number of benzene rings is 1. The van der Waals surface area contributed by atoms with E-state index in [9.17, 15) is 13.2 Å². The van der Waals surface area contributed by atoms with E-state index >= 15 is 0 Å². The molecule has 0 bridgehead atoms. The van der Waals surface area contributed by atoms with E-state index in [0.29, 0.717) is 18.4 Å². The average Bonchev–Trinajstić information content (AvgIpc) is 3.07. The van der Waals surface area contributed by atoms with E-state index in [1.165, 1.54) is 0 Å². The molecule has 0 unspecified atom stereocenters. The molecule has 166 valence electrons. The molecule has 0 spiro atoms. The highest BCUT2D eigenvalue weighted by atomic mass is 32.2. The van der Waals surface area contributed by atoms with Gasteiger partial charge in [-0.15, -0.1) is 0 Å². The number of aryl methyl sites for hydroxylation is 5. The Balaban J connectivity index is 1.52. The van der Waals surface area contributed by atoms with Gasteiger partial charge in [0.2, 0.25) is 15.9 Å². The van der Waals surface area contributed by atoms with Crippen LogP contribution in [-0.2, 0) is 21.2 Å². The molecule has 0 atom stereocenters. The monoisotopic (exact) mass is 443 g/mol. The van der Waals surface area contributed by atoms with Gasteiger partial charge in [0.05, 0.1) is 10.6 Å². The molecule has 31 heavy (non-hydrogen) atoms. The molecule has 0 saturated carbocycles. The molecule has 0 aliphatic carbocycles. The molecule has 1 aromatic carbocycles. The van der Waals surface area contributed by atoms with Crippen molar-refractivity contribution in [1.82, 2.24) is 24.6 Å². The zero-order valence-corrected chi connectivity index (χ0v) is 19.4. The molecule has 8 nitrogen and oxygen atoms in total. The fourth-order valence-corrected chi connectivity index (χ4v) is 4.95. The van der Waals surface area contributed by atoms with Crippen LogP contribution in [0, 0.1) is 34.6 Å². The highest BCUT2D eigenvalue weighted by Crippen LogP contribution is 2.17. The molecule has 0 fully saturated rings. The lowest BCUT2D eigenvalue weighted by Crippen LogP contribution is -2.35. The molecule has 2 heterocycles. The van der Waals surface area contributed by atoms with E-state index in [1.807, 2.05) is 39.8 Å². The van der Waals surface area contributed by atoms with E-state index in [4.69, 9.17) is 0 Å². The first-order valence-corrected chi connectivity index (χ1v) is 11.7. The van der Waals surface area contributed by atoms with E-state index < -0.39 is 10.0 Å². The van der Waals surface area contributed by atoms with Crippen LogP contribution in [0.4, 0.5) is 0 Å². The normalized spacial score (nSPS) is 11.8. The number of carbonyl (C=O) groups excluding carboxylic acids is 1. The summed E-state index contributed by atoms with van der Waals surface area (Å²) in [7, 11) is -3.62. The Morgan fingerprint density at radius 2 is 1.81 bits per heavy atom. The van der Waals surface area contributed by atoms with Crippen molar-refractivity contribution in [1.29, 1.82) is 0 Å². The summed E-state index contributed by atoms with van der Waals surface area (Å²) >= 11 is 0. The largest absolute Gasteiger partial charge is 0.355 e. The Bertz CT molecular complexity index is 1230. The van der Waals surface area contributed by atoms with Crippen molar-refractivity contribution in [3.63, 3.8) is 0 Å². The summed E-state index contributed by atoms with van der Waals surface area (Å²) < 4.78 is 29.4. The van der Waals surface area contributed by atoms with Crippen LogP contribution in [-0.4, -0.2) is 42.0 Å². The SMILES string of the molecule is Cc1ccc(C)c(S(=O)(=O)NCCNC(=O)CCc2c(C)nc3cc(C)nn3c2C)c1. The summed E-state index contributed by atoms with van der Waals surface area (Å²) in [6.45, 7) is 9.79. The van der Waals surface area contributed by atoms with Crippen molar-refractivity contribution in [3.8, 4) is 0 Å². The fourth-order valence-electron chi connectivity index (χ4n) is 3.59. The standard InChI is InChI=1S/C22H29N5O3S/c1-14-6-7-15(2)20(12-14)31(29,30)24-11-10-23-22(28)9-8-19-17(4)25-21-13-16(3)26-27(21)18(19)5/h6-7,12-13,24H,8-11H2,1-5H3,(H,23,28). The maximum atomic E-state index is 12.5. The molecule has 9 heteroatoms. The molecule has 0 radical (unpaired) electrons. The lowest BCUT2D eigenvalue weighted by molar-refractivity contribution is -0.121. The Hall–Kier alpha value is -2.78. The van der Waals surface area contributed by atoms with E-state index in [-0.39, 0.29) is 23.9 Å². The van der Waals surface area contributed by atoms with Gasteiger partial charge in [0.25, 0.3) is 0 Å². The average molecular weight is 444 g/mol. The number of hydrogen-bond donors (Lipinski definition) is 2. The molecule has 2 N–H and O–H groups in total. The number of rotatable bonds is 8. The molecule has 0 aliphatic heterocycles. The van der Waals surface area contributed by atoms with E-state index in [1.54, 1.807) is 23.6 Å². The maximum absolute atomic E-state index is 12.5. The van der Waals surface area contributed by atoms with Crippen molar-refractivity contribution in [3.05, 3.63) is 58.0 Å². The van der Waals surface area contributed by atoms with Gasteiger partial charge in [-0.2, -0.15) is 5.10 Å². The number of fused-ring (bicyclic) bond motifs is 1. The van der Waals surface area contributed by atoms with Gasteiger partial charge < -0.3 is 5.32 Å². The summed E-state index contributed by atoms with van der Waals surface area (Å²) in [5.74, 6) is -0.138. The second-order valence-corrected chi connectivity index (χ2v) is 9.57.